The monoisotopic (exact) mass is 320 g/mol. The Bertz CT molecular complexity index is 523. The maximum Gasteiger partial charge on any atom is 0.122 e. The van der Waals surface area contributed by atoms with Crippen LogP contribution in [0.1, 0.15) is 30.7 Å². The van der Waals surface area contributed by atoms with Crippen molar-refractivity contribution in [3.8, 4) is 5.75 Å². The molecule has 0 radical (unpaired) electrons. The highest BCUT2D eigenvalue weighted by Crippen LogP contribution is 2.34. The van der Waals surface area contributed by atoms with Crippen molar-refractivity contribution < 1.29 is 14.2 Å². The molecular weight excluding hydrogens is 292 g/mol. The van der Waals surface area contributed by atoms with Gasteiger partial charge in [0.1, 0.15) is 5.75 Å². The van der Waals surface area contributed by atoms with Gasteiger partial charge in [-0.2, -0.15) is 0 Å². The Balaban J connectivity index is 1.75. The normalized spacial score (nSPS) is 28.9. The zero-order chi connectivity index (χ0) is 16.2. The first-order chi connectivity index (χ1) is 11.2. The predicted molar refractivity (Wildman–Crippen MR) is 88.7 cm³/mol. The molecule has 0 N–H and O–H groups in total. The van der Waals surface area contributed by atoms with Crippen LogP contribution in [0.3, 0.4) is 0 Å². The van der Waals surface area contributed by atoms with Crippen LogP contribution in [-0.2, 0) is 16.0 Å². The third-order valence-electron chi connectivity index (χ3n) is 5.16. The van der Waals surface area contributed by atoms with Gasteiger partial charge in [-0.15, -0.1) is 0 Å². The maximum atomic E-state index is 5.78. The molecule has 3 rings (SSSR count). The van der Waals surface area contributed by atoms with Gasteiger partial charge in [0, 0.05) is 50.0 Å². The van der Waals surface area contributed by atoms with Crippen molar-refractivity contribution in [2.24, 2.45) is 5.92 Å². The molecule has 0 spiro atoms. The quantitative estimate of drug-likeness (QED) is 0.833. The first kappa shape index (κ1) is 16.7. The summed E-state index contributed by atoms with van der Waals surface area (Å²) < 4.78 is 16.9. The molecule has 1 aromatic rings. The number of morpholine rings is 1. The van der Waals surface area contributed by atoms with E-state index in [9.17, 15) is 0 Å². The molecule has 1 aliphatic carbocycles. The Hall–Kier alpha value is -1.17. The van der Waals surface area contributed by atoms with Crippen LogP contribution in [-0.4, -0.2) is 56.0 Å². The summed E-state index contributed by atoms with van der Waals surface area (Å²) in [7, 11) is 3.54. The summed E-state index contributed by atoms with van der Waals surface area (Å²) in [5.74, 6) is 1.44. The van der Waals surface area contributed by atoms with E-state index < -0.39 is 0 Å². The van der Waals surface area contributed by atoms with Gasteiger partial charge in [-0.05, 0) is 19.8 Å². The minimum Gasteiger partial charge on any atom is -0.497 e. The molecule has 2 fully saturated rings. The number of pyridine rings is 1. The average Bonchev–Trinajstić information content (AvgIpc) is 3.03. The van der Waals surface area contributed by atoms with Gasteiger partial charge < -0.3 is 14.2 Å². The number of aryl methyl sites for hydroxylation is 1. The van der Waals surface area contributed by atoms with Crippen LogP contribution >= 0.6 is 0 Å². The fraction of sp³-hybridized carbons (Fsp3) is 0.722. The summed E-state index contributed by atoms with van der Waals surface area (Å²) in [6.45, 7) is 5.41. The SMILES string of the molecule is COc1cc(C)nc(CN2CCOC[C@@H]2[C@H]2CCC[C@H]2OC)c1. The summed E-state index contributed by atoms with van der Waals surface area (Å²) in [5, 5.41) is 0. The Kier molecular flexibility index (Phi) is 5.51. The molecule has 23 heavy (non-hydrogen) atoms. The van der Waals surface area contributed by atoms with Gasteiger partial charge in [0.15, 0.2) is 0 Å². The van der Waals surface area contributed by atoms with Crippen molar-refractivity contribution >= 4 is 0 Å². The summed E-state index contributed by atoms with van der Waals surface area (Å²) in [6, 6.07) is 4.43. The zero-order valence-electron chi connectivity index (χ0n) is 14.5. The van der Waals surface area contributed by atoms with Gasteiger partial charge in [0.25, 0.3) is 0 Å². The Labute approximate surface area is 138 Å². The van der Waals surface area contributed by atoms with E-state index in [1.165, 1.54) is 19.3 Å². The van der Waals surface area contributed by atoms with Gasteiger partial charge in [-0.1, -0.05) is 6.42 Å². The highest BCUT2D eigenvalue weighted by Gasteiger charge is 2.38. The van der Waals surface area contributed by atoms with Crippen LogP contribution in [0, 0.1) is 12.8 Å². The summed E-state index contributed by atoms with van der Waals surface area (Å²) in [4.78, 5) is 7.20. The van der Waals surface area contributed by atoms with E-state index in [-0.39, 0.29) is 0 Å². The van der Waals surface area contributed by atoms with E-state index in [0.29, 0.717) is 18.1 Å². The topological polar surface area (TPSA) is 43.8 Å². The molecule has 1 aromatic heterocycles. The van der Waals surface area contributed by atoms with Gasteiger partial charge in [0.2, 0.25) is 0 Å². The van der Waals surface area contributed by atoms with Gasteiger partial charge >= 0.3 is 0 Å². The Morgan fingerprint density at radius 3 is 2.96 bits per heavy atom. The molecule has 3 atom stereocenters. The number of rotatable bonds is 5. The molecule has 1 saturated heterocycles. The first-order valence-electron chi connectivity index (χ1n) is 8.57. The highest BCUT2D eigenvalue weighted by molar-refractivity contribution is 5.26. The van der Waals surface area contributed by atoms with Crippen LogP contribution in [0.4, 0.5) is 0 Å². The minimum absolute atomic E-state index is 0.365. The van der Waals surface area contributed by atoms with Crippen LogP contribution in [0.5, 0.6) is 5.75 Å². The first-order valence-corrected chi connectivity index (χ1v) is 8.57. The molecule has 0 amide bonds. The average molecular weight is 320 g/mol. The number of aromatic nitrogens is 1. The van der Waals surface area contributed by atoms with E-state index in [2.05, 4.69) is 9.88 Å². The van der Waals surface area contributed by atoms with Crippen molar-refractivity contribution in [3.63, 3.8) is 0 Å². The lowest BCUT2D eigenvalue weighted by Crippen LogP contribution is -2.51. The molecular formula is C18H28N2O3. The summed E-state index contributed by atoms with van der Waals surface area (Å²) in [5.41, 5.74) is 2.07. The van der Waals surface area contributed by atoms with E-state index in [1.807, 2.05) is 26.2 Å². The Morgan fingerprint density at radius 2 is 2.17 bits per heavy atom. The summed E-state index contributed by atoms with van der Waals surface area (Å²) in [6.07, 6.45) is 4.02. The maximum absolute atomic E-state index is 5.78. The zero-order valence-corrected chi connectivity index (χ0v) is 14.5. The van der Waals surface area contributed by atoms with E-state index >= 15 is 0 Å². The van der Waals surface area contributed by atoms with Gasteiger partial charge in [-0.3, -0.25) is 9.88 Å². The molecule has 5 nitrogen and oxygen atoms in total. The second kappa shape index (κ2) is 7.60. The summed E-state index contributed by atoms with van der Waals surface area (Å²) >= 11 is 0. The third kappa shape index (κ3) is 3.84. The smallest absolute Gasteiger partial charge is 0.122 e. The van der Waals surface area contributed by atoms with Gasteiger partial charge in [0.05, 0.1) is 32.1 Å². The molecule has 0 unspecified atom stereocenters. The molecule has 0 bridgehead atoms. The molecule has 2 aliphatic rings. The standard InChI is InChI=1S/C18H28N2O3/c1-13-9-15(21-2)10-14(19-13)11-20-7-8-23-12-17(20)16-5-4-6-18(16)22-3/h9-10,16-18H,4-8,11-12H2,1-3H3/t16-,17-,18-/m1/s1. The third-order valence-corrected chi connectivity index (χ3v) is 5.16. The van der Waals surface area contributed by atoms with Gasteiger partial charge in [-0.25, -0.2) is 0 Å². The lowest BCUT2D eigenvalue weighted by Gasteiger charge is -2.40. The highest BCUT2D eigenvalue weighted by atomic mass is 16.5. The fourth-order valence-electron chi connectivity index (χ4n) is 4.05. The fourth-order valence-corrected chi connectivity index (χ4v) is 4.05. The molecule has 1 aliphatic heterocycles. The van der Waals surface area contributed by atoms with Crippen LogP contribution in [0.2, 0.25) is 0 Å². The van der Waals surface area contributed by atoms with E-state index in [0.717, 1.165) is 43.4 Å². The van der Waals surface area contributed by atoms with Crippen molar-refractivity contribution in [2.45, 2.75) is 44.9 Å². The molecule has 5 heteroatoms. The van der Waals surface area contributed by atoms with E-state index in [1.54, 1.807) is 7.11 Å². The van der Waals surface area contributed by atoms with Crippen molar-refractivity contribution in [2.75, 3.05) is 34.0 Å². The lowest BCUT2D eigenvalue weighted by molar-refractivity contribution is -0.0612. The number of ether oxygens (including phenoxy) is 3. The molecule has 1 saturated carbocycles. The largest absolute Gasteiger partial charge is 0.497 e. The number of nitrogens with zero attached hydrogens (tertiary/aromatic N) is 2. The van der Waals surface area contributed by atoms with Crippen molar-refractivity contribution in [3.05, 3.63) is 23.5 Å². The lowest BCUT2D eigenvalue weighted by atomic mass is 9.94. The number of methoxy groups -OCH3 is 2. The Morgan fingerprint density at radius 1 is 1.30 bits per heavy atom. The van der Waals surface area contributed by atoms with Crippen LogP contribution < -0.4 is 4.74 Å². The number of hydrogen-bond donors (Lipinski definition) is 0. The molecule has 128 valence electrons. The van der Waals surface area contributed by atoms with E-state index in [4.69, 9.17) is 14.2 Å². The van der Waals surface area contributed by atoms with Crippen LogP contribution in [0.25, 0.3) is 0 Å². The molecule has 2 heterocycles. The van der Waals surface area contributed by atoms with Crippen molar-refractivity contribution in [1.82, 2.24) is 9.88 Å². The second-order valence-electron chi connectivity index (χ2n) is 6.62. The van der Waals surface area contributed by atoms with Crippen LogP contribution in [0.15, 0.2) is 12.1 Å². The number of hydrogen-bond acceptors (Lipinski definition) is 5. The second-order valence-corrected chi connectivity index (χ2v) is 6.62. The minimum atomic E-state index is 0.365. The molecule has 0 aromatic carbocycles. The van der Waals surface area contributed by atoms with Crippen molar-refractivity contribution in [1.29, 1.82) is 0 Å². The predicted octanol–water partition coefficient (Wildman–Crippen LogP) is 2.41.